The topological polar surface area (TPSA) is 38.7 Å². The van der Waals surface area contributed by atoms with Crippen LogP contribution in [-0.4, -0.2) is 23.0 Å². The molecule has 0 saturated heterocycles. The van der Waals surface area contributed by atoms with Crippen molar-refractivity contribution in [1.29, 1.82) is 0 Å². The predicted molar refractivity (Wildman–Crippen MR) is 191 cm³/mol. The van der Waals surface area contributed by atoms with E-state index in [0.29, 0.717) is 0 Å². The van der Waals surface area contributed by atoms with E-state index in [1.54, 1.807) is 0 Å². The van der Waals surface area contributed by atoms with Gasteiger partial charge in [-0.3, -0.25) is 15.0 Å². The van der Waals surface area contributed by atoms with E-state index in [9.17, 15) is 0 Å². The fourth-order valence-electron chi connectivity index (χ4n) is 7.23. The lowest BCUT2D eigenvalue weighted by Gasteiger charge is -2.19. The Morgan fingerprint density at radius 3 is 2.04 bits per heavy atom. The fourth-order valence-corrected chi connectivity index (χ4v) is 10.3. The highest BCUT2D eigenvalue weighted by Crippen LogP contribution is 2.39. The van der Waals surface area contributed by atoms with Crippen LogP contribution in [0.25, 0.3) is 77.2 Å². The van der Waals surface area contributed by atoms with Crippen molar-refractivity contribution in [1.82, 2.24) is 15.0 Å². The molecule has 45 heavy (non-hydrogen) atoms. The Balaban J connectivity index is 1.26. The van der Waals surface area contributed by atoms with Crippen molar-refractivity contribution in [3.63, 3.8) is 0 Å². The number of hydrogen-bond donors (Lipinski definition) is 0. The number of fused-ring (bicyclic) bond motifs is 7. The van der Waals surface area contributed by atoms with Gasteiger partial charge in [-0.1, -0.05) is 98.0 Å². The standard InChI is InChI=1S/C41H29N3Si/c1-45(2)38-10-4-3-9-34(38)36-23-30(16-18-39(36)45)35-22-28(29-13-11-26-7-5-19-42-37(26)24-29)15-17-33(35)32-21-31-14-12-27-8-6-20-43-40(27)41(31)44-25-32/h3-25H,1-2H3. The second kappa shape index (κ2) is 9.78. The monoisotopic (exact) mass is 591 g/mol. The Morgan fingerprint density at radius 1 is 0.422 bits per heavy atom. The third-order valence-electron chi connectivity index (χ3n) is 9.59. The van der Waals surface area contributed by atoms with Gasteiger partial charge in [0.05, 0.1) is 16.6 Å². The Labute approximate surface area is 262 Å². The highest BCUT2D eigenvalue weighted by Gasteiger charge is 2.37. The normalized spacial score (nSPS) is 13.3. The maximum Gasteiger partial charge on any atom is 0.113 e. The molecule has 0 amide bonds. The van der Waals surface area contributed by atoms with Crippen molar-refractivity contribution in [2.45, 2.75) is 13.1 Å². The van der Waals surface area contributed by atoms with E-state index in [4.69, 9.17) is 4.98 Å². The maximum absolute atomic E-state index is 4.98. The average Bonchev–Trinajstić information content (AvgIpc) is 3.33. The minimum atomic E-state index is -1.75. The van der Waals surface area contributed by atoms with E-state index in [0.717, 1.165) is 49.4 Å². The summed E-state index contributed by atoms with van der Waals surface area (Å²) in [5.74, 6) is 0. The number of benzene rings is 5. The average molecular weight is 592 g/mol. The van der Waals surface area contributed by atoms with Crippen LogP contribution in [0, 0.1) is 0 Å². The Bertz CT molecular complexity index is 2480. The molecule has 0 aliphatic carbocycles. The van der Waals surface area contributed by atoms with Crippen LogP contribution in [0.15, 0.2) is 140 Å². The van der Waals surface area contributed by atoms with Gasteiger partial charge in [-0.2, -0.15) is 0 Å². The molecule has 4 heterocycles. The van der Waals surface area contributed by atoms with Gasteiger partial charge in [0, 0.05) is 40.3 Å². The second-order valence-corrected chi connectivity index (χ2v) is 16.9. The lowest BCUT2D eigenvalue weighted by molar-refractivity contribution is 1.37. The van der Waals surface area contributed by atoms with Crippen LogP contribution in [0.2, 0.25) is 13.1 Å². The van der Waals surface area contributed by atoms with Gasteiger partial charge in [0.2, 0.25) is 0 Å². The van der Waals surface area contributed by atoms with Crippen molar-refractivity contribution in [2.24, 2.45) is 0 Å². The van der Waals surface area contributed by atoms with E-state index < -0.39 is 8.07 Å². The van der Waals surface area contributed by atoms with Gasteiger partial charge in [0.25, 0.3) is 0 Å². The zero-order valence-electron chi connectivity index (χ0n) is 25.1. The van der Waals surface area contributed by atoms with Crippen LogP contribution in [0.4, 0.5) is 0 Å². The van der Waals surface area contributed by atoms with E-state index in [1.165, 1.54) is 38.2 Å². The Kier molecular flexibility index (Phi) is 5.65. The summed E-state index contributed by atoms with van der Waals surface area (Å²) in [5.41, 5.74) is 12.6. The van der Waals surface area contributed by atoms with Gasteiger partial charge in [-0.05, 0) is 85.7 Å². The highest BCUT2D eigenvalue weighted by atomic mass is 28.3. The molecule has 0 atom stereocenters. The van der Waals surface area contributed by atoms with Gasteiger partial charge in [-0.15, -0.1) is 0 Å². The molecular formula is C41H29N3Si. The van der Waals surface area contributed by atoms with E-state index in [-0.39, 0.29) is 0 Å². The van der Waals surface area contributed by atoms with Crippen LogP contribution in [0.3, 0.4) is 0 Å². The molecular weight excluding hydrogens is 563 g/mol. The molecule has 5 aromatic carbocycles. The van der Waals surface area contributed by atoms with Crippen LogP contribution in [0.5, 0.6) is 0 Å². The summed E-state index contributed by atoms with van der Waals surface area (Å²) in [6.45, 7) is 4.94. The first-order valence-electron chi connectivity index (χ1n) is 15.4. The first-order valence-corrected chi connectivity index (χ1v) is 18.4. The van der Waals surface area contributed by atoms with Gasteiger partial charge >= 0.3 is 0 Å². The van der Waals surface area contributed by atoms with Crippen LogP contribution in [0.1, 0.15) is 0 Å². The van der Waals surface area contributed by atoms with E-state index in [1.807, 2.05) is 30.7 Å². The van der Waals surface area contributed by atoms with Crippen molar-refractivity contribution in [3.8, 4) is 44.5 Å². The van der Waals surface area contributed by atoms with Crippen LogP contribution < -0.4 is 10.4 Å². The number of rotatable bonds is 3. The molecule has 1 aliphatic heterocycles. The number of aromatic nitrogens is 3. The van der Waals surface area contributed by atoms with Crippen LogP contribution >= 0.6 is 0 Å². The molecule has 212 valence electrons. The van der Waals surface area contributed by atoms with E-state index in [2.05, 4.69) is 132 Å². The first kappa shape index (κ1) is 26.0. The SMILES string of the molecule is C[Si]1(C)c2ccccc2-c2cc(-c3cc(-c4ccc5cccnc5c4)ccc3-c3cnc4c(ccc5cccnc54)c3)ccc21. The van der Waals surface area contributed by atoms with Crippen molar-refractivity contribution in [2.75, 3.05) is 0 Å². The largest absolute Gasteiger partial charge is 0.256 e. The smallest absolute Gasteiger partial charge is 0.113 e. The summed E-state index contributed by atoms with van der Waals surface area (Å²) in [5, 5.41) is 6.37. The Morgan fingerprint density at radius 2 is 1.11 bits per heavy atom. The third kappa shape index (κ3) is 4.06. The predicted octanol–water partition coefficient (Wildman–Crippen LogP) is 9.14. The molecule has 0 N–H and O–H groups in total. The lowest BCUT2D eigenvalue weighted by Crippen LogP contribution is -2.49. The molecule has 0 unspecified atom stereocenters. The zero-order valence-corrected chi connectivity index (χ0v) is 26.1. The summed E-state index contributed by atoms with van der Waals surface area (Å²) in [6, 6.07) is 44.2. The molecule has 0 spiro atoms. The minimum absolute atomic E-state index is 0.931. The molecule has 1 aliphatic rings. The van der Waals surface area contributed by atoms with Crippen molar-refractivity contribution in [3.05, 3.63) is 140 Å². The summed E-state index contributed by atoms with van der Waals surface area (Å²) in [6.07, 6.45) is 5.71. The molecule has 9 rings (SSSR count). The number of pyridine rings is 3. The van der Waals surface area contributed by atoms with Gasteiger partial charge in [0.15, 0.2) is 0 Å². The fraction of sp³-hybridized carbons (Fsp3) is 0.0488. The molecule has 0 radical (unpaired) electrons. The summed E-state index contributed by atoms with van der Waals surface area (Å²) >= 11 is 0. The van der Waals surface area contributed by atoms with Gasteiger partial charge < -0.3 is 0 Å². The lowest BCUT2D eigenvalue weighted by atomic mass is 9.89. The summed E-state index contributed by atoms with van der Waals surface area (Å²) in [7, 11) is -1.75. The zero-order chi connectivity index (χ0) is 30.1. The first-order chi connectivity index (χ1) is 22.0. The summed E-state index contributed by atoms with van der Waals surface area (Å²) in [4.78, 5) is 14.2. The quantitative estimate of drug-likeness (QED) is 0.152. The molecule has 0 saturated carbocycles. The molecule has 3 nitrogen and oxygen atoms in total. The molecule has 4 heteroatoms. The summed E-state index contributed by atoms with van der Waals surface area (Å²) < 4.78 is 0. The molecule has 0 fully saturated rings. The molecule has 3 aromatic heterocycles. The Hall–Kier alpha value is -5.45. The molecule has 0 bridgehead atoms. The second-order valence-electron chi connectivity index (χ2n) is 12.5. The van der Waals surface area contributed by atoms with Crippen LogP contribution in [-0.2, 0) is 0 Å². The maximum atomic E-state index is 4.98. The highest BCUT2D eigenvalue weighted by molar-refractivity contribution is 7.03. The van der Waals surface area contributed by atoms with Gasteiger partial charge in [0.1, 0.15) is 8.07 Å². The minimum Gasteiger partial charge on any atom is -0.256 e. The van der Waals surface area contributed by atoms with Crippen molar-refractivity contribution < 1.29 is 0 Å². The van der Waals surface area contributed by atoms with Gasteiger partial charge in [-0.25, -0.2) is 0 Å². The number of hydrogen-bond acceptors (Lipinski definition) is 3. The van der Waals surface area contributed by atoms with E-state index >= 15 is 0 Å². The van der Waals surface area contributed by atoms with Crippen molar-refractivity contribution >= 4 is 51.2 Å². The molecule has 8 aromatic rings. The third-order valence-corrected chi connectivity index (χ3v) is 13.2. The number of nitrogens with zero attached hydrogens (tertiary/aromatic N) is 3.